The zero-order valence-corrected chi connectivity index (χ0v) is 8.84. The van der Waals surface area contributed by atoms with Crippen LogP contribution in [0.5, 0.6) is 5.75 Å². The third-order valence-corrected chi connectivity index (χ3v) is 2.15. The molecule has 4 heteroatoms. The Balaban J connectivity index is 3.15. The predicted octanol–water partition coefficient (Wildman–Crippen LogP) is 1.67. The van der Waals surface area contributed by atoms with Gasteiger partial charge in [0, 0.05) is 12.5 Å². The Morgan fingerprint density at radius 1 is 1.53 bits per heavy atom. The van der Waals surface area contributed by atoms with Gasteiger partial charge in [-0.2, -0.15) is 0 Å². The van der Waals surface area contributed by atoms with Gasteiger partial charge in [0.05, 0.1) is 12.7 Å². The monoisotopic (exact) mass is 211 g/mol. The SMILES string of the molecule is COc1cc(F)c(C)cc1C(=O)CCN. The molecule has 0 fully saturated rings. The Morgan fingerprint density at radius 2 is 2.20 bits per heavy atom. The average Bonchev–Trinajstić information content (AvgIpc) is 2.21. The molecule has 0 aliphatic carbocycles. The molecule has 0 saturated heterocycles. The summed E-state index contributed by atoms with van der Waals surface area (Å²) in [6.45, 7) is 1.88. The molecule has 0 atom stereocenters. The molecule has 0 spiro atoms. The second kappa shape index (κ2) is 4.89. The lowest BCUT2D eigenvalue weighted by Crippen LogP contribution is -2.10. The summed E-state index contributed by atoms with van der Waals surface area (Å²) in [5, 5.41) is 0. The van der Waals surface area contributed by atoms with Crippen LogP contribution in [0.25, 0.3) is 0 Å². The van der Waals surface area contributed by atoms with Crippen LogP contribution in [0.15, 0.2) is 12.1 Å². The quantitative estimate of drug-likeness (QED) is 0.771. The lowest BCUT2D eigenvalue weighted by Gasteiger charge is -2.08. The van der Waals surface area contributed by atoms with E-state index >= 15 is 0 Å². The third-order valence-electron chi connectivity index (χ3n) is 2.15. The highest BCUT2D eigenvalue weighted by molar-refractivity contribution is 5.99. The van der Waals surface area contributed by atoms with Gasteiger partial charge in [0.25, 0.3) is 0 Å². The first-order chi connectivity index (χ1) is 7.10. The van der Waals surface area contributed by atoms with Gasteiger partial charge in [-0.25, -0.2) is 4.39 Å². The molecule has 0 radical (unpaired) electrons. The smallest absolute Gasteiger partial charge is 0.167 e. The van der Waals surface area contributed by atoms with Crippen LogP contribution in [0.2, 0.25) is 0 Å². The number of carbonyl (C=O) groups is 1. The normalized spacial score (nSPS) is 10.1. The number of rotatable bonds is 4. The maximum Gasteiger partial charge on any atom is 0.167 e. The minimum absolute atomic E-state index is 0.127. The highest BCUT2D eigenvalue weighted by Crippen LogP contribution is 2.23. The van der Waals surface area contributed by atoms with Crippen molar-refractivity contribution in [1.82, 2.24) is 0 Å². The van der Waals surface area contributed by atoms with Crippen molar-refractivity contribution in [3.8, 4) is 5.75 Å². The van der Waals surface area contributed by atoms with E-state index < -0.39 is 0 Å². The molecule has 0 amide bonds. The van der Waals surface area contributed by atoms with Crippen molar-refractivity contribution in [2.75, 3.05) is 13.7 Å². The standard InChI is InChI=1S/C11H14FNO2/c1-7-5-8(10(14)3-4-13)11(15-2)6-9(7)12/h5-6H,3-4,13H2,1-2H3. The van der Waals surface area contributed by atoms with Crippen LogP contribution in [0.3, 0.4) is 0 Å². The molecule has 0 heterocycles. The molecule has 0 bridgehead atoms. The van der Waals surface area contributed by atoms with Gasteiger partial charge in [0.2, 0.25) is 0 Å². The van der Waals surface area contributed by atoms with Gasteiger partial charge in [-0.1, -0.05) is 0 Å². The van der Waals surface area contributed by atoms with Crippen LogP contribution < -0.4 is 10.5 Å². The number of hydrogen-bond donors (Lipinski definition) is 1. The number of ketones is 1. The number of benzene rings is 1. The summed E-state index contributed by atoms with van der Waals surface area (Å²) in [6.07, 6.45) is 0.238. The molecule has 0 aliphatic heterocycles. The van der Waals surface area contributed by atoms with Crippen LogP contribution >= 0.6 is 0 Å². The molecule has 1 rings (SSSR count). The first-order valence-corrected chi connectivity index (χ1v) is 4.67. The van der Waals surface area contributed by atoms with Crippen LogP contribution in [-0.4, -0.2) is 19.4 Å². The number of methoxy groups -OCH3 is 1. The van der Waals surface area contributed by atoms with E-state index in [9.17, 15) is 9.18 Å². The molecular weight excluding hydrogens is 197 g/mol. The number of halogens is 1. The Morgan fingerprint density at radius 3 is 2.73 bits per heavy atom. The lowest BCUT2D eigenvalue weighted by atomic mass is 10.0. The first-order valence-electron chi connectivity index (χ1n) is 4.67. The summed E-state index contributed by atoms with van der Waals surface area (Å²) >= 11 is 0. The second-order valence-electron chi connectivity index (χ2n) is 3.26. The molecule has 0 unspecified atom stereocenters. The van der Waals surface area contributed by atoms with Crippen LogP contribution in [0.4, 0.5) is 4.39 Å². The van der Waals surface area contributed by atoms with Crippen molar-refractivity contribution in [3.05, 3.63) is 29.1 Å². The summed E-state index contributed by atoms with van der Waals surface area (Å²) in [6, 6.07) is 2.71. The highest BCUT2D eigenvalue weighted by Gasteiger charge is 2.14. The fourth-order valence-electron chi connectivity index (χ4n) is 1.32. The summed E-state index contributed by atoms with van der Waals surface area (Å²) in [7, 11) is 1.41. The molecule has 2 N–H and O–H groups in total. The molecule has 0 aliphatic rings. The fraction of sp³-hybridized carbons (Fsp3) is 0.364. The van der Waals surface area contributed by atoms with Crippen molar-refractivity contribution in [1.29, 1.82) is 0 Å². The topological polar surface area (TPSA) is 52.3 Å². The zero-order chi connectivity index (χ0) is 11.4. The number of aryl methyl sites for hydroxylation is 1. The first kappa shape index (κ1) is 11.7. The van der Waals surface area contributed by atoms with Gasteiger partial charge in [-0.15, -0.1) is 0 Å². The van der Waals surface area contributed by atoms with Crippen molar-refractivity contribution < 1.29 is 13.9 Å². The van der Waals surface area contributed by atoms with E-state index in [1.165, 1.54) is 19.2 Å². The van der Waals surface area contributed by atoms with E-state index in [-0.39, 0.29) is 30.3 Å². The second-order valence-corrected chi connectivity index (χ2v) is 3.26. The average molecular weight is 211 g/mol. The summed E-state index contributed by atoms with van der Waals surface area (Å²) in [5.74, 6) is -0.245. The number of Topliss-reactive ketones (excluding diaryl/α,β-unsaturated/α-hetero) is 1. The largest absolute Gasteiger partial charge is 0.496 e. The minimum atomic E-state index is -0.379. The van der Waals surface area contributed by atoms with E-state index in [0.717, 1.165) is 0 Å². The van der Waals surface area contributed by atoms with Crippen molar-refractivity contribution >= 4 is 5.78 Å². The van der Waals surface area contributed by atoms with Gasteiger partial charge in [0.15, 0.2) is 5.78 Å². The van der Waals surface area contributed by atoms with Gasteiger partial charge in [-0.05, 0) is 25.1 Å². The third kappa shape index (κ3) is 2.53. The Labute approximate surface area is 88.0 Å². The summed E-state index contributed by atoms with van der Waals surface area (Å²) < 4.78 is 18.1. The van der Waals surface area contributed by atoms with E-state index in [4.69, 9.17) is 10.5 Å². The van der Waals surface area contributed by atoms with E-state index in [0.29, 0.717) is 11.1 Å². The minimum Gasteiger partial charge on any atom is -0.496 e. The molecule has 1 aromatic carbocycles. The van der Waals surface area contributed by atoms with E-state index in [1.807, 2.05) is 0 Å². The molecular formula is C11H14FNO2. The van der Waals surface area contributed by atoms with Crippen LogP contribution in [0, 0.1) is 12.7 Å². The Bertz CT molecular complexity index is 377. The van der Waals surface area contributed by atoms with Gasteiger partial charge in [0.1, 0.15) is 11.6 Å². The zero-order valence-electron chi connectivity index (χ0n) is 8.84. The van der Waals surface area contributed by atoms with Crippen molar-refractivity contribution in [2.45, 2.75) is 13.3 Å². The van der Waals surface area contributed by atoms with Gasteiger partial charge in [-0.3, -0.25) is 4.79 Å². The Hall–Kier alpha value is -1.42. The van der Waals surface area contributed by atoms with Gasteiger partial charge < -0.3 is 10.5 Å². The molecule has 1 aromatic rings. The number of nitrogens with two attached hydrogens (primary N) is 1. The van der Waals surface area contributed by atoms with Crippen LogP contribution in [-0.2, 0) is 0 Å². The van der Waals surface area contributed by atoms with Gasteiger partial charge >= 0.3 is 0 Å². The van der Waals surface area contributed by atoms with E-state index in [1.54, 1.807) is 6.92 Å². The number of ether oxygens (including phenoxy) is 1. The summed E-state index contributed by atoms with van der Waals surface area (Å²) in [4.78, 5) is 11.6. The molecule has 15 heavy (non-hydrogen) atoms. The van der Waals surface area contributed by atoms with Crippen molar-refractivity contribution in [3.63, 3.8) is 0 Å². The maximum atomic E-state index is 13.2. The van der Waals surface area contributed by atoms with Crippen LogP contribution in [0.1, 0.15) is 22.3 Å². The number of carbonyl (C=O) groups excluding carboxylic acids is 1. The maximum absolute atomic E-state index is 13.2. The predicted molar refractivity (Wildman–Crippen MR) is 55.7 cm³/mol. The molecule has 82 valence electrons. The Kier molecular flexibility index (Phi) is 3.80. The highest BCUT2D eigenvalue weighted by atomic mass is 19.1. The molecule has 0 aromatic heterocycles. The fourth-order valence-corrected chi connectivity index (χ4v) is 1.32. The molecule has 0 saturated carbocycles. The van der Waals surface area contributed by atoms with Crippen molar-refractivity contribution in [2.24, 2.45) is 5.73 Å². The number of hydrogen-bond acceptors (Lipinski definition) is 3. The summed E-state index contributed by atoms with van der Waals surface area (Å²) in [5.41, 5.74) is 6.11. The lowest BCUT2D eigenvalue weighted by molar-refractivity contribution is 0.0982. The van der Waals surface area contributed by atoms with E-state index in [2.05, 4.69) is 0 Å². The molecule has 3 nitrogen and oxygen atoms in total.